The molecule has 1 N–H and O–H groups in total. The predicted molar refractivity (Wildman–Crippen MR) is 87.3 cm³/mol. The molecule has 2 unspecified atom stereocenters. The number of carboxylic acid groups (broad SMARTS) is 1. The Bertz CT molecular complexity index is 574. The van der Waals surface area contributed by atoms with Crippen LogP contribution in [-0.2, 0) is 11.3 Å². The van der Waals surface area contributed by atoms with Crippen LogP contribution >= 0.6 is 0 Å². The highest BCUT2D eigenvalue weighted by Crippen LogP contribution is 2.47. The Morgan fingerprint density at radius 2 is 1.78 bits per heavy atom. The molecule has 0 amide bonds. The van der Waals surface area contributed by atoms with E-state index in [1.165, 1.54) is 38.6 Å². The molecule has 0 spiro atoms. The summed E-state index contributed by atoms with van der Waals surface area (Å²) in [7, 11) is 0. The van der Waals surface area contributed by atoms with Crippen LogP contribution in [0.15, 0.2) is 24.3 Å². The highest BCUT2D eigenvalue weighted by atomic mass is 16.5. The van der Waals surface area contributed by atoms with Gasteiger partial charge in [0.2, 0.25) is 0 Å². The first-order valence-corrected chi connectivity index (χ1v) is 8.84. The third-order valence-corrected chi connectivity index (χ3v) is 5.92. The highest BCUT2D eigenvalue weighted by Gasteiger charge is 2.42. The van der Waals surface area contributed by atoms with Crippen molar-refractivity contribution in [3.8, 4) is 5.75 Å². The summed E-state index contributed by atoms with van der Waals surface area (Å²) in [4.78, 5) is 13.4. The van der Waals surface area contributed by atoms with Crippen LogP contribution in [0, 0.1) is 17.8 Å². The average Bonchev–Trinajstić information content (AvgIpc) is 2.70. The van der Waals surface area contributed by atoms with Gasteiger partial charge in [0, 0.05) is 24.7 Å². The van der Waals surface area contributed by atoms with E-state index in [0.717, 1.165) is 35.6 Å². The summed E-state index contributed by atoms with van der Waals surface area (Å²) in [6.45, 7) is 1.81. The van der Waals surface area contributed by atoms with Gasteiger partial charge in [0.25, 0.3) is 0 Å². The van der Waals surface area contributed by atoms with Gasteiger partial charge in [0.1, 0.15) is 5.75 Å². The van der Waals surface area contributed by atoms with Crippen molar-refractivity contribution >= 4 is 5.97 Å². The maximum absolute atomic E-state index is 10.8. The van der Waals surface area contributed by atoms with Crippen LogP contribution in [0.2, 0.25) is 0 Å². The minimum atomic E-state index is -0.925. The van der Waals surface area contributed by atoms with E-state index in [-0.39, 0.29) is 6.61 Å². The number of carbonyl (C=O) groups is 1. The lowest BCUT2D eigenvalue weighted by Gasteiger charge is -2.39. The van der Waals surface area contributed by atoms with Gasteiger partial charge >= 0.3 is 5.97 Å². The topological polar surface area (TPSA) is 49.8 Å². The molecule has 4 atom stereocenters. The zero-order valence-electron chi connectivity index (χ0n) is 13.5. The Morgan fingerprint density at radius 1 is 1.09 bits per heavy atom. The summed E-state index contributed by atoms with van der Waals surface area (Å²) in [6, 6.07) is 8.60. The molecule has 1 aromatic carbocycles. The van der Waals surface area contributed by atoms with E-state index in [9.17, 15) is 4.79 Å². The first kappa shape index (κ1) is 15.0. The quantitative estimate of drug-likeness (QED) is 0.907. The molecular weight excluding hydrogens is 290 g/mol. The summed E-state index contributed by atoms with van der Waals surface area (Å²) in [5.41, 5.74) is 1.12. The summed E-state index contributed by atoms with van der Waals surface area (Å²) >= 11 is 0. The summed E-state index contributed by atoms with van der Waals surface area (Å²) < 4.78 is 5.49. The second-order valence-electron chi connectivity index (χ2n) is 7.65. The standard InChI is InChI=1S/C19H25NO3/c21-19(22)12-23-18-4-2-1-3-16(18)11-20-10-15-6-13-5-14(7-15)9-17(20)8-13/h1-4,13-15,17H,5-12H2,(H,21,22)/t13-,14+,15?,17?. The lowest BCUT2D eigenvalue weighted by atomic mass is 9.68. The van der Waals surface area contributed by atoms with Gasteiger partial charge in [-0.1, -0.05) is 18.2 Å². The molecule has 4 bridgehead atoms. The van der Waals surface area contributed by atoms with Crippen LogP contribution in [0.3, 0.4) is 0 Å². The van der Waals surface area contributed by atoms with E-state index >= 15 is 0 Å². The Labute approximate surface area is 137 Å². The number of aliphatic carboxylic acids is 1. The number of para-hydroxylation sites is 1. The molecule has 4 heteroatoms. The zero-order valence-corrected chi connectivity index (χ0v) is 13.5. The van der Waals surface area contributed by atoms with Crippen molar-refractivity contribution in [2.45, 2.75) is 44.7 Å². The predicted octanol–water partition coefficient (Wildman–Crippen LogP) is 3.16. The second kappa shape index (κ2) is 6.16. The van der Waals surface area contributed by atoms with Crippen molar-refractivity contribution in [2.75, 3.05) is 13.2 Å². The molecule has 0 radical (unpaired) electrons. The number of hydrogen-bond acceptors (Lipinski definition) is 3. The fraction of sp³-hybridized carbons (Fsp3) is 0.632. The van der Waals surface area contributed by atoms with Crippen LogP contribution in [0.5, 0.6) is 5.75 Å². The number of nitrogens with zero attached hydrogens (tertiary/aromatic N) is 1. The van der Waals surface area contributed by atoms with Gasteiger partial charge in [-0.3, -0.25) is 4.90 Å². The Kier molecular flexibility index (Phi) is 4.02. The molecule has 1 aromatic rings. The number of benzene rings is 1. The number of hydrogen-bond donors (Lipinski definition) is 1. The molecule has 2 aliphatic carbocycles. The summed E-state index contributed by atoms with van der Waals surface area (Å²) in [6.07, 6.45) is 7.00. The fourth-order valence-corrected chi connectivity index (χ4v) is 5.21. The van der Waals surface area contributed by atoms with Crippen molar-refractivity contribution < 1.29 is 14.6 Å². The van der Waals surface area contributed by atoms with Crippen LogP contribution in [0.25, 0.3) is 0 Å². The lowest BCUT2D eigenvalue weighted by molar-refractivity contribution is -0.139. The van der Waals surface area contributed by atoms with Crippen LogP contribution in [0.4, 0.5) is 0 Å². The Hall–Kier alpha value is -1.55. The monoisotopic (exact) mass is 315 g/mol. The van der Waals surface area contributed by atoms with Crippen LogP contribution in [0.1, 0.15) is 37.7 Å². The third kappa shape index (κ3) is 3.23. The molecule has 2 saturated carbocycles. The number of fused-ring (bicyclic) bond motifs is 1. The number of carboxylic acids is 1. The van der Waals surface area contributed by atoms with Crippen LogP contribution < -0.4 is 4.74 Å². The van der Waals surface area contributed by atoms with E-state index < -0.39 is 5.97 Å². The van der Waals surface area contributed by atoms with Gasteiger partial charge in [-0.25, -0.2) is 4.79 Å². The molecule has 5 rings (SSSR count). The molecule has 4 aliphatic rings. The van der Waals surface area contributed by atoms with Gasteiger partial charge in [0.05, 0.1) is 0 Å². The maximum atomic E-state index is 10.8. The molecular formula is C19H25NO3. The first-order chi connectivity index (χ1) is 11.2. The molecule has 2 saturated heterocycles. The summed E-state index contributed by atoms with van der Waals surface area (Å²) in [5.74, 6) is 2.55. The highest BCUT2D eigenvalue weighted by molar-refractivity contribution is 5.68. The minimum Gasteiger partial charge on any atom is -0.482 e. The van der Waals surface area contributed by atoms with E-state index in [1.807, 2.05) is 18.2 Å². The van der Waals surface area contributed by atoms with E-state index in [0.29, 0.717) is 6.04 Å². The molecule has 124 valence electrons. The Morgan fingerprint density at radius 3 is 2.52 bits per heavy atom. The van der Waals surface area contributed by atoms with Crippen LogP contribution in [-0.4, -0.2) is 35.2 Å². The molecule has 4 fully saturated rings. The van der Waals surface area contributed by atoms with E-state index in [2.05, 4.69) is 11.0 Å². The SMILES string of the molecule is O=C(O)COc1ccccc1CN1CC2C[C@@H]3CC1C[C@H](C2)C3. The molecule has 0 aromatic heterocycles. The second-order valence-corrected chi connectivity index (χ2v) is 7.65. The van der Waals surface area contributed by atoms with Crippen molar-refractivity contribution in [1.82, 2.24) is 4.90 Å². The maximum Gasteiger partial charge on any atom is 0.341 e. The first-order valence-electron chi connectivity index (χ1n) is 8.84. The number of ether oxygens (including phenoxy) is 1. The number of rotatable bonds is 5. The van der Waals surface area contributed by atoms with Crippen molar-refractivity contribution in [3.05, 3.63) is 29.8 Å². The van der Waals surface area contributed by atoms with Gasteiger partial charge in [0.15, 0.2) is 6.61 Å². The third-order valence-electron chi connectivity index (χ3n) is 5.92. The Balaban J connectivity index is 1.50. The average molecular weight is 315 g/mol. The van der Waals surface area contributed by atoms with Gasteiger partial charge in [-0.15, -0.1) is 0 Å². The smallest absolute Gasteiger partial charge is 0.341 e. The van der Waals surface area contributed by atoms with E-state index in [1.54, 1.807) is 0 Å². The lowest BCUT2D eigenvalue weighted by Crippen LogP contribution is -2.37. The molecule has 23 heavy (non-hydrogen) atoms. The van der Waals surface area contributed by atoms with Gasteiger partial charge in [-0.05, 0) is 55.9 Å². The van der Waals surface area contributed by atoms with Crippen molar-refractivity contribution in [1.29, 1.82) is 0 Å². The zero-order chi connectivity index (χ0) is 15.8. The van der Waals surface area contributed by atoms with E-state index in [4.69, 9.17) is 9.84 Å². The molecule has 2 heterocycles. The van der Waals surface area contributed by atoms with Crippen molar-refractivity contribution in [2.24, 2.45) is 17.8 Å². The largest absolute Gasteiger partial charge is 0.482 e. The minimum absolute atomic E-state index is 0.271. The van der Waals surface area contributed by atoms with Crippen molar-refractivity contribution in [3.63, 3.8) is 0 Å². The normalized spacial score (nSPS) is 32.7. The summed E-state index contributed by atoms with van der Waals surface area (Å²) in [5, 5.41) is 8.85. The fourth-order valence-electron chi connectivity index (χ4n) is 5.21. The van der Waals surface area contributed by atoms with Gasteiger partial charge < -0.3 is 9.84 Å². The molecule has 2 aliphatic heterocycles. The van der Waals surface area contributed by atoms with Gasteiger partial charge in [-0.2, -0.15) is 0 Å². The molecule has 4 nitrogen and oxygen atoms in total.